The maximum absolute atomic E-state index is 12.7. The third-order valence-corrected chi connectivity index (χ3v) is 2.83. The van der Waals surface area contributed by atoms with Crippen LogP contribution >= 0.6 is 0 Å². The molecule has 2 rings (SSSR count). The molecule has 0 radical (unpaired) electrons. The van der Waals surface area contributed by atoms with Gasteiger partial charge in [-0.25, -0.2) is 17.6 Å². The Morgan fingerprint density at radius 1 is 0.917 bits per heavy atom. The number of halogens is 4. The van der Waals surface area contributed by atoms with Gasteiger partial charge in [-0.2, -0.15) is 0 Å². The fourth-order valence-electron chi connectivity index (χ4n) is 1.49. The molecule has 0 aromatic heterocycles. The average molecular weight is 348 g/mol. The molecular weight excluding hydrogens is 332 g/mol. The van der Waals surface area contributed by atoms with Crippen molar-refractivity contribution >= 4 is 11.4 Å². The monoisotopic (exact) mass is 348 g/mol. The number of nitro groups is 1. The zero-order valence-corrected chi connectivity index (χ0v) is 13.1. The molecule has 0 aliphatic rings. The Morgan fingerprint density at radius 2 is 1.33 bits per heavy atom. The van der Waals surface area contributed by atoms with Crippen molar-refractivity contribution in [2.45, 2.75) is 13.8 Å². The number of nitro benzene ring substituents is 1. The second-order valence-electron chi connectivity index (χ2n) is 4.39. The summed E-state index contributed by atoms with van der Waals surface area (Å²) in [7, 11) is 1.00. The van der Waals surface area contributed by atoms with Gasteiger partial charge >= 0.3 is 0 Å². The summed E-state index contributed by atoms with van der Waals surface area (Å²) in [6.07, 6.45) is 0. The van der Waals surface area contributed by atoms with Crippen LogP contribution in [0.3, 0.4) is 0 Å². The molecular formula is C15H16F4N2O3. The van der Waals surface area contributed by atoms with Crippen molar-refractivity contribution in [1.82, 2.24) is 0 Å². The van der Waals surface area contributed by atoms with Crippen LogP contribution in [0.1, 0.15) is 11.1 Å². The summed E-state index contributed by atoms with van der Waals surface area (Å²) in [6, 6.07) is 3.21. The van der Waals surface area contributed by atoms with E-state index in [1.165, 1.54) is 13.8 Å². The molecule has 0 aliphatic heterocycles. The molecule has 5 nitrogen and oxygen atoms in total. The number of hydrogen-bond donors (Lipinski definition) is 2. The smallest absolute Gasteiger partial charge is 0.278 e. The number of anilines is 1. The van der Waals surface area contributed by atoms with Crippen molar-refractivity contribution in [2.24, 2.45) is 0 Å². The van der Waals surface area contributed by atoms with Gasteiger partial charge in [0, 0.05) is 30.5 Å². The molecule has 0 saturated heterocycles. The molecule has 0 unspecified atom stereocenters. The quantitative estimate of drug-likeness (QED) is 0.356. The molecule has 2 aromatic carbocycles. The van der Waals surface area contributed by atoms with Crippen LogP contribution < -0.4 is 5.73 Å². The first kappa shape index (κ1) is 21.3. The molecule has 0 atom stereocenters. The molecule has 0 bridgehead atoms. The standard InChI is InChI=1S/C7H5F2NO2.C7H7F2N.CH4O/c1-4-6(9)2-5(8)3-7(4)10(11)12;1-4-6(9)2-5(8)3-7(4)10;1-2/h2-3H,1H3;2-3H,10H2,1H3;2H,1H3. The van der Waals surface area contributed by atoms with E-state index in [0.717, 1.165) is 19.2 Å². The van der Waals surface area contributed by atoms with Crippen molar-refractivity contribution in [3.8, 4) is 0 Å². The van der Waals surface area contributed by atoms with Crippen LogP contribution in [-0.4, -0.2) is 17.1 Å². The Labute approximate surface area is 135 Å². The van der Waals surface area contributed by atoms with Gasteiger partial charge in [0.2, 0.25) is 0 Å². The van der Waals surface area contributed by atoms with Gasteiger partial charge in [-0.1, -0.05) is 0 Å². The van der Waals surface area contributed by atoms with Gasteiger partial charge < -0.3 is 10.8 Å². The minimum atomic E-state index is -0.940. The number of hydrogen-bond acceptors (Lipinski definition) is 4. The zero-order chi connectivity index (χ0) is 19.0. The Morgan fingerprint density at radius 3 is 1.75 bits per heavy atom. The Bertz CT molecular complexity index is 701. The van der Waals surface area contributed by atoms with Crippen molar-refractivity contribution in [3.05, 3.63) is 68.8 Å². The molecule has 3 N–H and O–H groups in total. The minimum Gasteiger partial charge on any atom is -0.400 e. The fraction of sp³-hybridized carbons (Fsp3) is 0.200. The Balaban J connectivity index is 0.000000405. The molecule has 0 saturated carbocycles. The van der Waals surface area contributed by atoms with Crippen LogP contribution in [0.15, 0.2) is 24.3 Å². The molecule has 0 aliphatic carbocycles. The molecule has 132 valence electrons. The van der Waals surface area contributed by atoms with Crippen LogP contribution in [0.4, 0.5) is 28.9 Å². The van der Waals surface area contributed by atoms with Crippen molar-refractivity contribution in [1.29, 1.82) is 0 Å². The van der Waals surface area contributed by atoms with Crippen LogP contribution in [-0.2, 0) is 0 Å². The molecule has 9 heteroatoms. The van der Waals surface area contributed by atoms with E-state index in [-0.39, 0.29) is 11.3 Å². The highest BCUT2D eigenvalue weighted by atomic mass is 19.1. The lowest BCUT2D eigenvalue weighted by Gasteiger charge is -1.99. The number of aliphatic hydroxyl groups is 1. The first-order valence-corrected chi connectivity index (χ1v) is 6.39. The molecule has 2 aromatic rings. The second-order valence-corrected chi connectivity index (χ2v) is 4.39. The van der Waals surface area contributed by atoms with E-state index in [2.05, 4.69) is 0 Å². The first-order chi connectivity index (χ1) is 11.1. The van der Waals surface area contributed by atoms with E-state index in [1.54, 1.807) is 0 Å². The molecule has 0 amide bonds. The fourth-order valence-corrected chi connectivity index (χ4v) is 1.49. The SMILES string of the molecule is CO.Cc1c(F)cc(F)cc1[N+](=O)[O-].Cc1c(N)cc(F)cc1F. The van der Waals surface area contributed by atoms with E-state index >= 15 is 0 Å². The summed E-state index contributed by atoms with van der Waals surface area (Å²) < 4.78 is 49.9. The summed E-state index contributed by atoms with van der Waals surface area (Å²) >= 11 is 0. The largest absolute Gasteiger partial charge is 0.400 e. The summed E-state index contributed by atoms with van der Waals surface area (Å²) in [4.78, 5) is 9.38. The maximum Gasteiger partial charge on any atom is 0.278 e. The number of nitrogens with two attached hydrogens (primary N) is 1. The molecule has 0 heterocycles. The van der Waals surface area contributed by atoms with E-state index < -0.39 is 33.9 Å². The Hall–Kier alpha value is -2.68. The number of nitrogen functional groups attached to an aromatic ring is 1. The first-order valence-electron chi connectivity index (χ1n) is 6.39. The number of rotatable bonds is 1. The van der Waals surface area contributed by atoms with Gasteiger partial charge in [0.05, 0.1) is 16.6 Å². The summed E-state index contributed by atoms with van der Waals surface area (Å²) in [5, 5.41) is 17.2. The highest BCUT2D eigenvalue weighted by Crippen LogP contribution is 2.21. The van der Waals surface area contributed by atoms with Gasteiger partial charge in [-0.3, -0.25) is 10.1 Å². The molecule has 0 spiro atoms. The van der Waals surface area contributed by atoms with Gasteiger partial charge in [-0.15, -0.1) is 0 Å². The summed E-state index contributed by atoms with van der Waals surface area (Å²) in [5.74, 6) is -3.08. The predicted octanol–water partition coefficient (Wildman–Crippen LogP) is 3.65. The van der Waals surface area contributed by atoms with E-state index in [4.69, 9.17) is 10.8 Å². The minimum absolute atomic E-state index is 0.150. The Kier molecular flexibility index (Phi) is 8.40. The van der Waals surface area contributed by atoms with Gasteiger partial charge in [-0.05, 0) is 19.9 Å². The van der Waals surface area contributed by atoms with Crippen LogP contribution in [0, 0.1) is 47.2 Å². The second kappa shape index (κ2) is 9.46. The van der Waals surface area contributed by atoms with E-state index in [1.807, 2.05) is 0 Å². The summed E-state index contributed by atoms with van der Waals surface area (Å²) in [6.45, 7) is 2.73. The third kappa shape index (κ3) is 5.84. The van der Waals surface area contributed by atoms with Gasteiger partial charge in [0.25, 0.3) is 5.69 Å². The normalized spacial score (nSPS) is 9.33. The topological polar surface area (TPSA) is 89.4 Å². The average Bonchev–Trinajstić information content (AvgIpc) is 2.50. The van der Waals surface area contributed by atoms with Crippen LogP contribution in [0.2, 0.25) is 0 Å². The number of nitrogens with zero attached hydrogens (tertiary/aromatic N) is 1. The lowest BCUT2D eigenvalue weighted by atomic mass is 10.2. The number of aliphatic hydroxyl groups excluding tert-OH is 1. The highest BCUT2D eigenvalue weighted by molar-refractivity contribution is 5.46. The predicted molar refractivity (Wildman–Crippen MR) is 81.4 cm³/mol. The number of benzene rings is 2. The molecule has 0 fully saturated rings. The highest BCUT2D eigenvalue weighted by Gasteiger charge is 2.15. The van der Waals surface area contributed by atoms with Gasteiger partial charge in [0.1, 0.15) is 23.3 Å². The van der Waals surface area contributed by atoms with Crippen LogP contribution in [0.25, 0.3) is 0 Å². The third-order valence-electron chi connectivity index (χ3n) is 2.83. The van der Waals surface area contributed by atoms with Gasteiger partial charge in [0.15, 0.2) is 0 Å². The maximum atomic E-state index is 12.7. The lowest BCUT2D eigenvalue weighted by molar-refractivity contribution is -0.385. The zero-order valence-electron chi connectivity index (χ0n) is 13.1. The lowest BCUT2D eigenvalue weighted by Crippen LogP contribution is -1.95. The van der Waals surface area contributed by atoms with Crippen molar-refractivity contribution < 1.29 is 27.6 Å². The molecule has 24 heavy (non-hydrogen) atoms. The van der Waals surface area contributed by atoms with Crippen molar-refractivity contribution in [3.63, 3.8) is 0 Å². The van der Waals surface area contributed by atoms with E-state index in [0.29, 0.717) is 17.7 Å². The van der Waals surface area contributed by atoms with Crippen molar-refractivity contribution in [2.75, 3.05) is 12.8 Å². The van der Waals surface area contributed by atoms with Crippen LogP contribution in [0.5, 0.6) is 0 Å². The van der Waals surface area contributed by atoms with E-state index in [9.17, 15) is 27.7 Å². The summed E-state index contributed by atoms with van der Waals surface area (Å²) in [5.41, 5.74) is 5.00.